The van der Waals surface area contributed by atoms with Gasteiger partial charge in [-0.15, -0.1) is 0 Å². The summed E-state index contributed by atoms with van der Waals surface area (Å²) in [6.45, 7) is 2.04. The molecule has 172 valence electrons. The number of hydrogen-bond acceptors (Lipinski definition) is 8. The van der Waals surface area contributed by atoms with E-state index >= 15 is 0 Å². The highest BCUT2D eigenvalue weighted by Gasteiger charge is 2.63. The molecule has 2 aromatic heterocycles. The van der Waals surface area contributed by atoms with Crippen molar-refractivity contribution in [3.05, 3.63) is 59.0 Å². The number of ether oxygens (including phenoxy) is 4. The molecule has 1 saturated carbocycles. The number of fused-ring (bicyclic) bond motifs is 2. The number of benzene rings is 1. The fraction of sp³-hybridized carbons (Fsp3) is 0.435. The SMILES string of the molecule is C[C@@]12OC(c3ccc(Cl)cc3)O[C@@H]1[C@@H](COC(=O)C1CC1)O[C@H]2c1ccc2c(N)ncnn12. The minimum atomic E-state index is -0.866. The van der Waals surface area contributed by atoms with Crippen LogP contribution < -0.4 is 5.73 Å². The van der Waals surface area contributed by atoms with Gasteiger partial charge in [-0.05, 0) is 44.0 Å². The number of carbonyl (C=O) groups excluding carboxylic acids is 1. The van der Waals surface area contributed by atoms with Gasteiger partial charge in [-0.2, -0.15) is 5.10 Å². The lowest BCUT2D eigenvalue weighted by Gasteiger charge is -2.27. The summed E-state index contributed by atoms with van der Waals surface area (Å²) in [7, 11) is 0. The molecule has 1 aliphatic carbocycles. The maximum Gasteiger partial charge on any atom is 0.309 e. The third-order valence-electron chi connectivity index (χ3n) is 6.59. The Labute approximate surface area is 194 Å². The molecule has 10 heteroatoms. The van der Waals surface area contributed by atoms with Gasteiger partial charge in [0.25, 0.3) is 0 Å². The summed E-state index contributed by atoms with van der Waals surface area (Å²) in [4.78, 5) is 16.2. The van der Waals surface area contributed by atoms with Crippen LogP contribution in [-0.4, -0.2) is 45.0 Å². The third kappa shape index (κ3) is 3.47. The van der Waals surface area contributed by atoms with E-state index in [9.17, 15) is 4.79 Å². The molecule has 0 amide bonds. The Morgan fingerprint density at radius 2 is 2.03 bits per heavy atom. The first-order valence-corrected chi connectivity index (χ1v) is 11.3. The highest BCUT2D eigenvalue weighted by Crippen LogP contribution is 2.53. The number of rotatable bonds is 5. The van der Waals surface area contributed by atoms with Crippen molar-refractivity contribution in [2.75, 3.05) is 12.3 Å². The smallest absolute Gasteiger partial charge is 0.309 e. The van der Waals surface area contributed by atoms with Crippen molar-refractivity contribution in [3.63, 3.8) is 0 Å². The molecule has 2 saturated heterocycles. The van der Waals surface area contributed by atoms with E-state index in [-0.39, 0.29) is 18.5 Å². The summed E-state index contributed by atoms with van der Waals surface area (Å²) in [5, 5.41) is 4.99. The lowest BCUT2D eigenvalue weighted by molar-refractivity contribution is -0.168. The van der Waals surface area contributed by atoms with Gasteiger partial charge in [-0.25, -0.2) is 9.50 Å². The van der Waals surface area contributed by atoms with E-state index in [2.05, 4.69) is 10.1 Å². The molecule has 1 aromatic carbocycles. The molecule has 4 heterocycles. The van der Waals surface area contributed by atoms with Crippen molar-refractivity contribution < 1.29 is 23.7 Å². The molecule has 5 atom stereocenters. The van der Waals surface area contributed by atoms with Crippen LogP contribution in [0.4, 0.5) is 5.82 Å². The Morgan fingerprint density at radius 3 is 2.79 bits per heavy atom. The van der Waals surface area contributed by atoms with E-state index in [0.29, 0.717) is 16.4 Å². The first-order valence-electron chi connectivity index (χ1n) is 10.9. The molecule has 3 aliphatic rings. The summed E-state index contributed by atoms with van der Waals surface area (Å²) in [5.41, 5.74) is 7.43. The molecule has 3 fully saturated rings. The number of aromatic nitrogens is 3. The van der Waals surface area contributed by atoms with Crippen LogP contribution in [0.5, 0.6) is 0 Å². The van der Waals surface area contributed by atoms with Gasteiger partial charge in [-0.1, -0.05) is 23.7 Å². The van der Waals surface area contributed by atoms with Crippen LogP contribution in [0, 0.1) is 5.92 Å². The van der Waals surface area contributed by atoms with Crippen LogP contribution in [0.3, 0.4) is 0 Å². The minimum absolute atomic E-state index is 0.00499. The largest absolute Gasteiger partial charge is 0.463 e. The molecule has 0 radical (unpaired) electrons. The molecule has 2 N–H and O–H groups in total. The molecule has 1 unspecified atom stereocenters. The van der Waals surface area contributed by atoms with Crippen LogP contribution in [0.2, 0.25) is 5.02 Å². The number of hydrogen-bond donors (Lipinski definition) is 1. The van der Waals surface area contributed by atoms with Crippen molar-refractivity contribution in [1.29, 1.82) is 0 Å². The minimum Gasteiger partial charge on any atom is -0.463 e. The van der Waals surface area contributed by atoms with E-state index in [1.807, 2.05) is 31.2 Å². The van der Waals surface area contributed by atoms with Gasteiger partial charge in [0.05, 0.1) is 11.6 Å². The second-order valence-electron chi connectivity index (χ2n) is 8.90. The summed E-state index contributed by atoms with van der Waals surface area (Å²) in [6, 6.07) is 11.1. The zero-order chi connectivity index (χ0) is 22.7. The summed E-state index contributed by atoms with van der Waals surface area (Å²) in [5.74, 6) is 0.185. The van der Waals surface area contributed by atoms with Gasteiger partial charge >= 0.3 is 5.97 Å². The van der Waals surface area contributed by atoms with Crippen molar-refractivity contribution in [3.8, 4) is 0 Å². The van der Waals surface area contributed by atoms with Crippen LogP contribution in [0.1, 0.15) is 43.4 Å². The molecule has 6 rings (SSSR count). The average molecular weight is 471 g/mol. The zero-order valence-electron chi connectivity index (χ0n) is 17.9. The molecular weight excluding hydrogens is 448 g/mol. The first-order chi connectivity index (χ1) is 15.9. The number of nitrogens with two attached hydrogens (primary N) is 1. The second-order valence-corrected chi connectivity index (χ2v) is 9.34. The van der Waals surface area contributed by atoms with E-state index < -0.39 is 30.2 Å². The van der Waals surface area contributed by atoms with Gasteiger partial charge in [0.2, 0.25) is 0 Å². The number of nitrogens with zero attached hydrogens (tertiary/aromatic N) is 3. The van der Waals surface area contributed by atoms with Gasteiger partial charge in [0.1, 0.15) is 42.4 Å². The summed E-state index contributed by atoms with van der Waals surface area (Å²) in [6.07, 6.45) is 1.02. The first kappa shape index (κ1) is 20.9. The maximum atomic E-state index is 12.2. The maximum absolute atomic E-state index is 12.2. The molecule has 9 nitrogen and oxygen atoms in total. The topological polar surface area (TPSA) is 110 Å². The molecule has 0 spiro atoms. The Hall–Kier alpha value is -2.72. The fourth-order valence-corrected chi connectivity index (χ4v) is 4.80. The van der Waals surface area contributed by atoms with Crippen molar-refractivity contribution >= 4 is 28.9 Å². The predicted octanol–water partition coefficient (Wildman–Crippen LogP) is 3.23. The number of carbonyl (C=O) groups is 1. The molecule has 2 aliphatic heterocycles. The van der Waals surface area contributed by atoms with Crippen LogP contribution in [0.15, 0.2) is 42.7 Å². The average Bonchev–Trinajstić information content (AvgIpc) is 3.39. The van der Waals surface area contributed by atoms with Crippen molar-refractivity contribution in [2.24, 2.45) is 5.92 Å². The number of esters is 1. The van der Waals surface area contributed by atoms with Gasteiger partial charge < -0.3 is 24.7 Å². The van der Waals surface area contributed by atoms with E-state index in [0.717, 1.165) is 24.1 Å². The third-order valence-corrected chi connectivity index (χ3v) is 6.84. The quantitative estimate of drug-likeness (QED) is 0.566. The lowest BCUT2D eigenvalue weighted by Crippen LogP contribution is -2.41. The monoisotopic (exact) mass is 470 g/mol. The fourth-order valence-electron chi connectivity index (χ4n) is 4.67. The number of halogens is 1. The predicted molar refractivity (Wildman–Crippen MR) is 117 cm³/mol. The highest BCUT2D eigenvalue weighted by molar-refractivity contribution is 6.30. The van der Waals surface area contributed by atoms with Crippen molar-refractivity contribution in [2.45, 2.75) is 50.0 Å². The Balaban J connectivity index is 1.34. The second kappa shape index (κ2) is 7.66. The van der Waals surface area contributed by atoms with E-state index in [1.54, 1.807) is 16.6 Å². The molecule has 33 heavy (non-hydrogen) atoms. The molecular formula is C23H23ClN4O5. The van der Waals surface area contributed by atoms with Crippen LogP contribution in [0.25, 0.3) is 5.52 Å². The van der Waals surface area contributed by atoms with Crippen LogP contribution >= 0.6 is 11.6 Å². The van der Waals surface area contributed by atoms with Gasteiger partial charge in [0.15, 0.2) is 12.1 Å². The number of nitrogen functional groups attached to an aromatic ring is 1. The Kier molecular flexibility index (Phi) is 4.84. The Bertz CT molecular complexity index is 1210. The highest BCUT2D eigenvalue weighted by atomic mass is 35.5. The van der Waals surface area contributed by atoms with Gasteiger partial charge in [0, 0.05) is 10.6 Å². The normalized spacial score (nSPS) is 31.1. The Morgan fingerprint density at radius 1 is 1.24 bits per heavy atom. The number of anilines is 1. The van der Waals surface area contributed by atoms with E-state index in [4.69, 9.17) is 36.3 Å². The van der Waals surface area contributed by atoms with E-state index in [1.165, 1.54) is 6.33 Å². The summed E-state index contributed by atoms with van der Waals surface area (Å²) < 4.78 is 26.5. The molecule has 3 aromatic rings. The lowest BCUT2D eigenvalue weighted by atomic mass is 9.91. The summed E-state index contributed by atoms with van der Waals surface area (Å²) >= 11 is 6.05. The molecule has 0 bridgehead atoms. The standard InChI is InChI=1S/C23H23ClN4O5/c1-23-18(15-8-9-16-20(25)26-11-27-28(15)16)31-17(10-30-21(29)12-2-3-12)19(23)32-22(33-23)13-4-6-14(24)7-5-13/h4-9,11-12,17-19,22H,2-3,10H2,1H3,(H2,25,26,27)/t17-,18+,19-,22?,23+/m1/s1. The van der Waals surface area contributed by atoms with Crippen molar-refractivity contribution in [1.82, 2.24) is 14.6 Å². The van der Waals surface area contributed by atoms with Crippen LogP contribution in [-0.2, 0) is 23.7 Å². The van der Waals surface area contributed by atoms with Gasteiger partial charge in [-0.3, -0.25) is 4.79 Å². The zero-order valence-corrected chi connectivity index (χ0v) is 18.6.